The van der Waals surface area contributed by atoms with E-state index in [9.17, 15) is 14.6 Å². The van der Waals surface area contributed by atoms with Crippen molar-refractivity contribution in [2.24, 2.45) is 5.10 Å². The third-order valence-electron chi connectivity index (χ3n) is 3.32. The fourth-order valence-electron chi connectivity index (χ4n) is 2.10. The summed E-state index contributed by atoms with van der Waals surface area (Å²) in [5.74, 6) is 0.0926. The molecule has 6 nitrogen and oxygen atoms in total. The Bertz CT molecular complexity index is 947. The summed E-state index contributed by atoms with van der Waals surface area (Å²) in [5.41, 5.74) is 1.28. The molecular formula is C16H13FN4O2S. The second kappa shape index (κ2) is 6.63. The summed E-state index contributed by atoms with van der Waals surface area (Å²) in [4.78, 5) is 0. The molecule has 0 aliphatic heterocycles. The second-order valence-corrected chi connectivity index (χ2v) is 5.43. The Morgan fingerprint density at radius 2 is 1.96 bits per heavy atom. The molecule has 0 spiro atoms. The van der Waals surface area contributed by atoms with Crippen LogP contribution in [-0.4, -0.2) is 31.3 Å². The highest BCUT2D eigenvalue weighted by Gasteiger charge is 2.07. The SMILES string of the molecule is Oc1ccc(/C=N/n2c(Cc3ccc(F)cc3)n[nH]c2=S)c(O)c1. The summed E-state index contributed by atoms with van der Waals surface area (Å²) in [6, 6.07) is 10.2. The lowest BCUT2D eigenvalue weighted by atomic mass is 10.1. The molecule has 8 heteroatoms. The quantitative estimate of drug-likeness (QED) is 0.502. The van der Waals surface area contributed by atoms with Gasteiger partial charge in [-0.25, -0.2) is 4.39 Å². The molecule has 24 heavy (non-hydrogen) atoms. The van der Waals surface area contributed by atoms with E-state index in [0.29, 0.717) is 22.6 Å². The van der Waals surface area contributed by atoms with Gasteiger partial charge in [-0.15, -0.1) is 0 Å². The number of rotatable bonds is 4. The molecule has 3 aromatic rings. The lowest BCUT2D eigenvalue weighted by Crippen LogP contribution is -2.00. The van der Waals surface area contributed by atoms with Gasteiger partial charge in [0.05, 0.1) is 6.21 Å². The smallest absolute Gasteiger partial charge is 0.216 e. The van der Waals surface area contributed by atoms with E-state index in [1.165, 1.54) is 41.2 Å². The fraction of sp³-hybridized carbons (Fsp3) is 0.0625. The first-order valence-corrected chi connectivity index (χ1v) is 7.41. The third-order valence-corrected chi connectivity index (χ3v) is 3.58. The van der Waals surface area contributed by atoms with Crippen molar-refractivity contribution >= 4 is 18.4 Å². The molecule has 1 aromatic heterocycles. The number of aromatic nitrogens is 3. The zero-order valence-corrected chi connectivity index (χ0v) is 13.2. The number of hydrogen-bond acceptors (Lipinski definition) is 5. The average molecular weight is 344 g/mol. The number of nitrogens with zero attached hydrogens (tertiary/aromatic N) is 3. The molecule has 0 saturated heterocycles. The maximum Gasteiger partial charge on any atom is 0.216 e. The van der Waals surface area contributed by atoms with Crippen LogP contribution in [0.4, 0.5) is 4.39 Å². The Morgan fingerprint density at radius 1 is 1.21 bits per heavy atom. The number of halogens is 1. The number of phenolic OH excluding ortho intramolecular Hbond substituents is 2. The minimum absolute atomic E-state index is 0.0402. The molecule has 1 heterocycles. The van der Waals surface area contributed by atoms with Crippen LogP contribution in [0.25, 0.3) is 0 Å². The van der Waals surface area contributed by atoms with Crippen molar-refractivity contribution in [2.75, 3.05) is 0 Å². The highest BCUT2D eigenvalue weighted by Crippen LogP contribution is 2.21. The molecule has 0 bridgehead atoms. The zero-order chi connectivity index (χ0) is 17.1. The molecule has 0 saturated carbocycles. The van der Waals surface area contributed by atoms with Crippen LogP contribution in [-0.2, 0) is 6.42 Å². The van der Waals surface area contributed by atoms with Gasteiger partial charge in [-0.2, -0.15) is 14.9 Å². The second-order valence-electron chi connectivity index (χ2n) is 5.05. The number of benzene rings is 2. The van der Waals surface area contributed by atoms with E-state index < -0.39 is 0 Å². The molecule has 0 aliphatic rings. The summed E-state index contributed by atoms with van der Waals surface area (Å²) < 4.78 is 14.7. The predicted molar refractivity (Wildman–Crippen MR) is 89.4 cm³/mol. The van der Waals surface area contributed by atoms with E-state index >= 15 is 0 Å². The van der Waals surface area contributed by atoms with Crippen molar-refractivity contribution in [3.63, 3.8) is 0 Å². The van der Waals surface area contributed by atoms with E-state index in [1.54, 1.807) is 12.1 Å². The summed E-state index contributed by atoms with van der Waals surface area (Å²) in [6.07, 6.45) is 1.82. The van der Waals surface area contributed by atoms with Crippen LogP contribution in [0.1, 0.15) is 17.0 Å². The summed E-state index contributed by atoms with van der Waals surface area (Å²) in [6.45, 7) is 0. The van der Waals surface area contributed by atoms with Crippen LogP contribution >= 0.6 is 12.2 Å². The Kier molecular flexibility index (Phi) is 4.39. The molecule has 3 rings (SSSR count). The van der Waals surface area contributed by atoms with Crippen molar-refractivity contribution in [1.29, 1.82) is 0 Å². The number of H-pyrrole nitrogens is 1. The summed E-state index contributed by atoms with van der Waals surface area (Å²) in [7, 11) is 0. The summed E-state index contributed by atoms with van der Waals surface area (Å²) >= 11 is 5.15. The molecule has 0 unspecified atom stereocenters. The van der Waals surface area contributed by atoms with Crippen LogP contribution in [0.2, 0.25) is 0 Å². The minimum atomic E-state index is -0.307. The molecule has 122 valence electrons. The first kappa shape index (κ1) is 15.9. The Hall–Kier alpha value is -3.00. The Balaban J connectivity index is 1.88. The van der Waals surface area contributed by atoms with Crippen LogP contribution < -0.4 is 0 Å². The van der Waals surface area contributed by atoms with Crippen molar-refractivity contribution in [1.82, 2.24) is 14.9 Å². The standard InChI is InChI=1S/C16H13FN4O2S/c17-12-4-1-10(2-5-12)7-15-19-20-16(24)21(15)18-9-11-3-6-13(22)8-14(11)23/h1-6,8-9,22-23H,7H2,(H,20,24)/b18-9+. The molecule has 0 atom stereocenters. The van der Waals surface area contributed by atoms with Crippen LogP contribution in [0.15, 0.2) is 47.6 Å². The minimum Gasteiger partial charge on any atom is -0.508 e. The normalized spacial score (nSPS) is 11.2. The van der Waals surface area contributed by atoms with E-state index in [1.807, 2.05) is 0 Å². The van der Waals surface area contributed by atoms with Gasteiger partial charge in [-0.1, -0.05) is 12.1 Å². The highest BCUT2D eigenvalue weighted by atomic mass is 32.1. The number of phenols is 2. The molecule has 0 amide bonds. The summed E-state index contributed by atoms with van der Waals surface area (Å²) in [5, 5.41) is 30.1. The number of nitrogens with one attached hydrogen (secondary N) is 1. The van der Waals surface area contributed by atoms with E-state index in [2.05, 4.69) is 15.3 Å². The maximum atomic E-state index is 13.0. The molecule has 0 radical (unpaired) electrons. The average Bonchev–Trinajstić information content (AvgIpc) is 2.89. The predicted octanol–water partition coefficient (Wildman–Crippen LogP) is 2.96. The van der Waals surface area contributed by atoms with Gasteiger partial charge in [0.15, 0.2) is 5.82 Å². The van der Waals surface area contributed by atoms with Gasteiger partial charge in [0, 0.05) is 18.1 Å². The zero-order valence-electron chi connectivity index (χ0n) is 12.3. The van der Waals surface area contributed by atoms with Gasteiger partial charge in [0.2, 0.25) is 4.77 Å². The molecule has 0 fully saturated rings. The van der Waals surface area contributed by atoms with Gasteiger partial charge in [-0.05, 0) is 42.0 Å². The van der Waals surface area contributed by atoms with Gasteiger partial charge >= 0.3 is 0 Å². The van der Waals surface area contributed by atoms with Gasteiger partial charge in [-0.3, -0.25) is 5.10 Å². The van der Waals surface area contributed by atoms with Crippen LogP contribution in [0.5, 0.6) is 11.5 Å². The monoisotopic (exact) mass is 344 g/mol. The number of aromatic hydroxyl groups is 2. The van der Waals surface area contributed by atoms with E-state index in [4.69, 9.17) is 12.2 Å². The molecular weight excluding hydrogens is 331 g/mol. The molecule has 3 N–H and O–H groups in total. The first-order chi connectivity index (χ1) is 11.5. The maximum absolute atomic E-state index is 13.0. The van der Waals surface area contributed by atoms with Gasteiger partial charge in [0.1, 0.15) is 17.3 Å². The number of aromatic amines is 1. The van der Waals surface area contributed by atoms with Crippen molar-refractivity contribution in [3.05, 3.63) is 70.0 Å². The van der Waals surface area contributed by atoms with Crippen LogP contribution in [0.3, 0.4) is 0 Å². The molecule has 0 aliphatic carbocycles. The van der Waals surface area contributed by atoms with E-state index in [-0.39, 0.29) is 17.3 Å². The third kappa shape index (κ3) is 3.49. The van der Waals surface area contributed by atoms with Gasteiger partial charge in [0.25, 0.3) is 0 Å². The molecule has 2 aromatic carbocycles. The fourth-order valence-corrected chi connectivity index (χ4v) is 2.30. The van der Waals surface area contributed by atoms with Crippen molar-refractivity contribution in [2.45, 2.75) is 6.42 Å². The lowest BCUT2D eigenvalue weighted by molar-refractivity contribution is 0.450. The lowest BCUT2D eigenvalue weighted by Gasteiger charge is -2.02. The number of hydrogen-bond donors (Lipinski definition) is 3. The highest BCUT2D eigenvalue weighted by molar-refractivity contribution is 7.71. The van der Waals surface area contributed by atoms with Crippen LogP contribution in [0, 0.1) is 10.6 Å². The van der Waals surface area contributed by atoms with Crippen molar-refractivity contribution < 1.29 is 14.6 Å². The first-order valence-electron chi connectivity index (χ1n) is 7.00. The Labute approximate surface area is 141 Å². The largest absolute Gasteiger partial charge is 0.508 e. The van der Waals surface area contributed by atoms with Gasteiger partial charge < -0.3 is 10.2 Å². The van der Waals surface area contributed by atoms with Crippen molar-refractivity contribution in [3.8, 4) is 11.5 Å². The topological polar surface area (TPSA) is 86.4 Å². The Morgan fingerprint density at radius 3 is 2.67 bits per heavy atom. The van der Waals surface area contributed by atoms with E-state index in [0.717, 1.165) is 5.56 Å².